The Morgan fingerprint density at radius 2 is 1.72 bits per heavy atom. The fraction of sp³-hybridized carbons (Fsp3) is 0.368. The Morgan fingerprint density at radius 1 is 1.00 bits per heavy atom. The maximum Gasteiger partial charge on any atom is 0.243 e. The van der Waals surface area contributed by atoms with Gasteiger partial charge in [0.1, 0.15) is 0 Å². The first-order valence-electron chi connectivity index (χ1n) is 9.23. The van der Waals surface area contributed by atoms with Crippen LogP contribution in [0, 0.1) is 0 Å². The van der Waals surface area contributed by atoms with Crippen LogP contribution in [0.15, 0.2) is 30.5 Å². The number of benzene rings is 1. The van der Waals surface area contributed by atoms with Crippen LogP contribution < -0.4 is 27.8 Å². The van der Waals surface area contributed by atoms with Crippen LogP contribution in [0.25, 0.3) is 10.9 Å². The Morgan fingerprint density at radius 3 is 2.45 bits per heavy atom. The Labute approximate surface area is 167 Å². The molecule has 29 heavy (non-hydrogen) atoms. The summed E-state index contributed by atoms with van der Waals surface area (Å²) in [5, 5.41) is 5.70. The first-order valence-corrected chi connectivity index (χ1v) is 9.23. The van der Waals surface area contributed by atoms with Gasteiger partial charge < -0.3 is 27.5 Å². The average Bonchev–Trinajstić information content (AvgIpc) is 3.08. The molecule has 9 N–H and O–H groups in total. The maximum atomic E-state index is 12.2. The summed E-state index contributed by atoms with van der Waals surface area (Å²) in [6.45, 7) is 0.0239. The van der Waals surface area contributed by atoms with E-state index < -0.39 is 35.7 Å². The first-order chi connectivity index (χ1) is 13.8. The predicted octanol–water partition coefficient (Wildman–Crippen LogP) is -1.22. The van der Waals surface area contributed by atoms with E-state index in [0.717, 1.165) is 16.5 Å². The number of aromatic amines is 1. The van der Waals surface area contributed by atoms with Crippen LogP contribution in [0.1, 0.15) is 24.8 Å². The lowest BCUT2D eigenvalue weighted by atomic mass is 10.1. The van der Waals surface area contributed by atoms with E-state index in [4.69, 9.17) is 17.2 Å². The fourth-order valence-electron chi connectivity index (χ4n) is 2.78. The van der Waals surface area contributed by atoms with Crippen molar-refractivity contribution in [1.82, 2.24) is 15.6 Å². The summed E-state index contributed by atoms with van der Waals surface area (Å²) in [5.41, 5.74) is 18.4. The Bertz CT molecular complexity index is 894. The van der Waals surface area contributed by atoms with Crippen LogP contribution in [-0.2, 0) is 25.6 Å². The van der Waals surface area contributed by atoms with Crippen LogP contribution in [-0.4, -0.2) is 47.2 Å². The van der Waals surface area contributed by atoms with Gasteiger partial charge in [0.05, 0.1) is 12.1 Å². The molecule has 1 aromatic heterocycles. The normalized spacial score (nSPS) is 12.9. The molecule has 10 nitrogen and oxygen atoms in total. The highest BCUT2D eigenvalue weighted by Gasteiger charge is 2.18. The molecule has 1 unspecified atom stereocenters. The molecule has 0 aliphatic carbocycles. The molecule has 2 rings (SSSR count). The second-order valence-electron chi connectivity index (χ2n) is 6.74. The third-order valence-electron chi connectivity index (χ3n) is 4.40. The number of imide groups is 1. The summed E-state index contributed by atoms with van der Waals surface area (Å²) in [6, 6.07) is 5.92. The minimum absolute atomic E-state index is 0.0239. The molecule has 0 bridgehead atoms. The lowest BCUT2D eigenvalue weighted by molar-refractivity contribution is -0.131. The number of hydrogen-bond donors (Lipinski definition) is 6. The van der Waals surface area contributed by atoms with Crippen LogP contribution >= 0.6 is 0 Å². The molecule has 1 aromatic carbocycles. The van der Waals surface area contributed by atoms with Crippen molar-refractivity contribution in [2.45, 2.75) is 37.8 Å². The molecule has 156 valence electrons. The summed E-state index contributed by atoms with van der Waals surface area (Å²) in [4.78, 5) is 49.5. The molecule has 2 aromatic rings. The predicted molar refractivity (Wildman–Crippen MR) is 107 cm³/mol. The van der Waals surface area contributed by atoms with Crippen LogP contribution in [0.2, 0.25) is 0 Å². The molecule has 0 spiro atoms. The number of fused-ring (bicyclic) bond motifs is 1. The van der Waals surface area contributed by atoms with Gasteiger partial charge in [0.25, 0.3) is 0 Å². The summed E-state index contributed by atoms with van der Waals surface area (Å²) in [7, 11) is 0. The van der Waals surface area contributed by atoms with Crippen LogP contribution in [0.5, 0.6) is 0 Å². The lowest BCUT2D eigenvalue weighted by Gasteiger charge is -2.13. The Kier molecular flexibility index (Phi) is 7.87. The largest absolute Gasteiger partial charge is 0.370 e. The molecule has 10 heteroatoms. The van der Waals surface area contributed by atoms with Crippen molar-refractivity contribution in [3.63, 3.8) is 0 Å². The summed E-state index contributed by atoms with van der Waals surface area (Å²) in [5.74, 6) is -2.26. The second kappa shape index (κ2) is 10.3. The quantitative estimate of drug-likeness (QED) is 0.289. The topological polar surface area (TPSA) is 186 Å². The number of carbonyl (C=O) groups is 4. The van der Waals surface area contributed by atoms with Gasteiger partial charge >= 0.3 is 0 Å². The van der Waals surface area contributed by atoms with E-state index in [0.29, 0.717) is 6.42 Å². The third kappa shape index (κ3) is 6.70. The Balaban J connectivity index is 1.72. The molecule has 0 aliphatic heterocycles. The molecular formula is C19H26N6O4. The van der Waals surface area contributed by atoms with Gasteiger partial charge in [-0.15, -0.1) is 0 Å². The van der Waals surface area contributed by atoms with E-state index in [1.165, 1.54) is 0 Å². The highest BCUT2D eigenvalue weighted by atomic mass is 16.2. The molecule has 0 saturated carbocycles. The van der Waals surface area contributed by atoms with Crippen LogP contribution in [0.4, 0.5) is 0 Å². The number of aromatic nitrogens is 1. The van der Waals surface area contributed by atoms with E-state index in [-0.39, 0.29) is 25.8 Å². The van der Waals surface area contributed by atoms with E-state index in [2.05, 4.69) is 15.6 Å². The number of amides is 4. The monoisotopic (exact) mass is 402 g/mol. The van der Waals surface area contributed by atoms with Crippen LogP contribution in [0.3, 0.4) is 0 Å². The molecule has 0 saturated heterocycles. The molecule has 1 heterocycles. The van der Waals surface area contributed by atoms with Gasteiger partial charge in [-0.05, 0) is 24.5 Å². The zero-order valence-electron chi connectivity index (χ0n) is 15.9. The van der Waals surface area contributed by atoms with Crippen molar-refractivity contribution in [1.29, 1.82) is 0 Å². The SMILES string of the molecule is NC(=O)CCC(N)C(=O)NC(=O)CCNC(=O)[C@@H](N)Cc1c[nH]c2ccccc12. The van der Waals surface area contributed by atoms with Crippen molar-refractivity contribution < 1.29 is 19.2 Å². The number of nitrogens with two attached hydrogens (primary N) is 3. The van der Waals surface area contributed by atoms with Gasteiger partial charge in [0.15, 0.2) is 0 Å². The zero-order valence-corrected chi connectivity index (χ0v) is 15.9. The number of nitrogens with one attached hydrogen (secondary N) is 3. The second-order valence-corrected chi connectivity index (χ2v) is 6.74. The average molecular weight is 402 g/mol. The third-order valence-corrected chi connectivity index (χ3v) is 4.40. The van der Waals surface area contributed by atoms with Gasteiger partial charge in [-0.3, -0.25) is 24.5 Å². The summed E-state index contributed by atoms with van der Waals surface area (Å²) in [6.07, 6.45) is 2.05. The van der Waals surface area contributed by atoms with Crippen molar-refractivity contribution >= 4 is 34.5 Å². The standard InChI is InChI=1S/C19H26N6O4/c20-13(5-6-16(22)26)19(29)25-17(27)7-8-23-18(28)14(21)9-11-10-24-15-4-2-1-3-12(11)15/h1-4,10,13-14,24H,5-9,20-21H2,(H2,22,26)(H,23,28)(H,25,27,29)/t13?,14-/m0/s1. The van der Waals surface area contributed by atoms with Crippen molar-refractivity contribution in [2.75, 3.05) is 6.54 Å². The first kappa shape index (κ1) is 22.1. The minimum Gasteiger partial charge on any atom is -0.370 e. The van der Waals surface area contributed by atoms with E-state index >= 15 is 0 Å². The lowest BCUT2D eigenvalue weighted by Crippen LogP contribution is -2.46. The fourth-order valence-corrected chi connectivity index (χ4v) is 2.78. The molecular weight excluding hydrogens is 376 g/mol. The number of rotatable bonds is 10. The molecule has 4 amide bonds. The van der Waals surface area contributed by atoms with Gasteiger partial charge in [-0.2, -0.15) is 0 Å². The Hall–Kier alpha value is -3.24. The number of carbonyl (C=O) groups excluding carboxylic acids is 4. The molecule has 0 radical (unpaired) electrons. The molecule has 0 aliphatic rings. The number of H-pyrrole nitrogens is 1. The summed E-state index contributed by atoms with van der Waals surface area (Å²) < 4.78 is 0. The van der Waals surface area contributed by atoms with Crippen molar-refractivity contribution in [2.24, 2.45) is 17.2 Å². The van der Waals surface area contributed by atoms with Gasteiger partial charge in [-0.1, -0.05) is 18.2 Å². The highest BCUT2D eigenvalue weighted by molar-refractivity contribution is 5.98. The highest BCUT2D eigenvalue weighted by Crippen LogP contribution is 2.18. The number of hydrogen-bond acceptors (Lipinski definition) is 6. The van der Waals surface area contributed by atoms with E-state index in [1.807, 2.05) is 30.5 Å². The zero-order chi connectivity index (χ0) is 21.4. The van der Waals surface area contributed by atoms with Gasteiger partial charge in [0, 0.05) is 36.5 Å². The number of para-hydroxylation sites is 1. The van der Waals surface area contributed by atoms with Gasteiger partial charge in [0.2, 0.25) is 23.6 Å². The van der Waals surface area contributed by atoms with E-state index in [1.54, 1.807) is 0 Å². The summed E-state index contributed by atoms with van der Waals surface area (Å²) >= 11 is 0. The van der Waals surface area contributed by atoms with Crippen molar-refractivity contribution in [3.05, 3.63) is 36.0 Å². The number of primary amides is 1. The maximum absolute atomic E-state index is 12.2. The minimum atomic E-state index is -1.01. The molecule has 2 atom stereocenters. The smallest absolute Gasteiger partial charge is 0.243 e. The molecule has 0 fully saturated rings. The van der Waals surface area contributed by atoms with Crippen molar-refractivity contribution in [3.8, 4) is 0 Å². The van der Waals surface area contributed by atoms with E-state index in [9.17, 15) is 19.2 Å². The van der Waals surface area contributed by atoms with Gasteiger partial charge in [-0.25, -0.2) is 0 Å².